The number of carbonyl (C=O) groups is 2. The zero-order valence-electron chi connectivity index (χ0n) is 12.2. The van der Waals surface area contributed by atoms with Gasteiger partial charge in [0.25, 0.3) is 0 Å². The first kappa shape index (κ1) is 18.3. The van der Waals surface area contributed by atoms with Gasteiger partial charge in [0, 0.05) is 17.8 Å². The van der Waals surface area contributed by atoms with Crippen molar-refractivity contribution in [3.63, 3.8) is 0 Å². The number of pyridine rings is 1. The largest absolute Gasteiger partial charge is 0.478 e. The molecule has 1 N–H and O–H groups in total. The molecule has 5 nitrogen and oxygen atoms in total. The number of anilines is 1. The van der Waals surface area contributed by atoms with Crippen molar-refractivity contribution in [2.24, 2.45) is 0 Å². The van der Waals surface area contributed by atoms with E-state index >= 15 is 0 Å². The summed E-state index contributed by atoms with van der Waals surface area (Å²) in [5.41, 5.74) is -0.681. The number of carboxylic acid groups (broad SMARTS) is 1. The molecule has 2 rings (SSSR count). The maximum Gasteiger partial charge on any atom is 0.471 e. The van der Waals surface area contributed by atoms with Crippen molar-refractivity contribution in [2.45, 2.75) is 12.7 Å². The van der Waals surface area contributed by atoms with Gasteiger partial charge in [0.1, 0.15) is 17.5 Å². The number of halogens is 5. The fourth-order valence-electron chi connectivity index (χ4n) is 1.90. The summed E-state index contributed by atoms with van der Waals surface area (Å²) in [5.74, 6) is -6.29. The van der Waals surface area contributed by atoms with Gasteiger partial charge in [0.05, 0.1) is 12.1 Å². The van der Waals surface area contributed by atoms with Gasteiger partial charge >= 0.3 is 18.1 Å². The number of nitrogens with zero attached hydrogens (tertiary/aromatic N) is 2. The van der Waals surface area contributed by atoms with Crippen LogP contribution in [0.25, 0.3) is 0 Å². The van der Waals surface area contributed by atoms with Gasteiger partial charge in [-0.2, -0.15) is 13.2 Å². The highest BCUT2D eigenvalue weighted by Gasteiger charge is 2.43. The normalized spacial score (nSPS) is 11.2. The average Bonchev–Trinajstić information content (AvgIpc) is 2.53. The number of aromatic nitrogens is 1. The fraction of sp³-hybridized carbons (Fsp3) is 0.133. The third-order valence-electron chi connectivity index (χ3n) is 3.10. The highest BCUT2D eigenvalue weighted by Crippen LogP contribution is 2.25. The molecule has 0 unspecified atom stereocenters. The van der Waals surface area contributed by atoms with E-state index in [1.165, 1.54) is 0 Å². The monoisotopic (exact) mass is 360 g/mol. The molecular formula is C15H9F5N2O3. The number of carboxylic acids is 1. The van der Waals surface area contributed by atoms with E-state index in [-0.39, 0.29) is 16.0 Å². The van der Waals surface area contributed by atoms with Crippen LogP contribution in [0.15, 0.2) is 36.5 Å². The van der Waals surface area contributed by atoms with Crippen LogP contribution in [0.3, 0.4) is 0 Å². The van der Waals surface area contributed by atoms with Gasteiger partial charge in [-0.25, -0.2) is 18.6 Å². The van der Waals surface area contributed by atoms with Gasteiger partial charge in [-0.15, -0.1) is 0 Å². The lowest BCUT2D eigenvalue weighted by Crippen LogP contribution is -2.41. The first-order chi connectivity index (χ1) is 11.6. The Bertz CT molecular complexity index is 806. The topological polar surface area (TPSA) is 70.5 Å². The highest BCUT2D eigenvalue weighted by atomic mass is 19.4. The lowest BCUT2D eigenvalue weighted by atomic mass is 10.2. The molecule has 0 atom stereocenters. The molecular weight excluding hydrogens is 351 g/mol. The van der Waals surface area contributed by atoms with E-state index < -0.39 is 42.0 Å². The number of aromatic carboxylic acids is 1. The van der Waals surface area contributed by atoms with Crippen LogP contribution in [0.2, 0.25) is 0 Å². The highest BCUT2D eigenvalue weighted by molar-refractivity contribution is 5.96. The van der Waals surface area contributed by atoms with Crippen molar-refractivity contribution < 1.29 is 36.6 Å². The predicted octanol–water partition coefficient (Wildman–Crippen LogP) is 3.15. The fourth-order valence-corrected chi connectivity index (χ4v) is 1.90. The summed E-state index contributed by atoms with van der Waals surface area (Å²) in [6, 6.07) is 4.02. The molecule has 0 aliphatic carbocycles. The summed E-state index contributed by atoms with van der Waals surface area (Å²) in [6.45, 7) is -0.871. The van der Waals surface area contributed by atoms with Crippen LogP contribution < -0.4 is 4.90 Å². The summed E-state index contributed by atoms with van der Waals surface area (Å²) >= 11 is 0. The molecule has 0 bridgehead atoms. The molecule has 0 fully saturated rings. The summed E-state index contributed by atoms with van der Waals surface area (Å²) in [7, 11) is 0. The second-order valence-corrected chi connectivity index (χ2v) is 4.84. The van der Waals surface area contributed by atoms with Crippen LogP contribution in [-0.4, -0.2) is 28.1 Å². The number of hydrogen-bond donors (Lipinski definition) is 1. The Hall–Kier alpha value is -3.04. The molecule has 1 heterocycles. The molecule has 0 saturated heterocycles. The second-order valence-electron chi connectivity index (χ2n) is 4.84. The second kappa shape index (κ2) is 6.83. The van der Waals surface area contributed by atoms with Gasteiger partial charge in [-0.3, -0.25) is 9.69 Å². The number of alkyl halides is 3. The van der Waals surface area contributed by atoms with E-state index in [1.807, 2.05) is 0 Å². The number of rotatable bonds is 4. The molecule has 1 aromatic carbocycles. The maximum atomic E-state index is 13.7. The van der Waals surface area contributed by atoms with E-state index in [1.54, 1.807) is 0 Å². The predicted molar refractivity (Wildman–Crippen MR) is 74.8 cm³/mol. The Labute approximate surface area is 137 Å². The molecule has 1 amide bonds. The summed E-state index contributed by atoms with van der Waals surface area (Å²) in [6.07, 6.45) is -4.51. The standard InChI is InChI=1S/C15H9F5N2O3/c16-10-3-1-9(11(17)5-10)7-22(14(25)15(18,19)20)12-4-2-8(6-21-12)13(23)24/h1-6H,7H2,(H,23,24). The molecule has 0 radical (unpaired) electrons. The third-order valence-corrected chi connectivity index (χ3v) is 3.10. The van der Waals surface area contributed by atoms with Crippen LogP contribution in [-0.2, 0) is 11.3 Å². The Morgan fingerprint density at radius 3 is 2.28 bits per heavy atom. The van der Waals surface area contributed by atoms with Gasteiger partial charge in [-0.1, -0.05) is 6.07 Å². The Morgan fingerprint density at radius 2 is 1.80 bits per heavy atom. The number of benzene rings is 1. The maximum absolute atomic E-state index is 13.7. The van der Waals surface area contributed by atoms with E-state index in [4.69, 9.17) is 5.11 Å². The zero-order valence-corrected chi connectivity index (χ0v) is 12.2. The third kappa shape index (κ3) is 4.28. The SMILES string of the molecule is O=C(O)c1ccc(N(Cc2ccc(F)cc2F)C(=O)C(F)(F)F)nc1. The van der Waals surface area contributed by atoms with Gasteiger partial charge in [0.15, 0.2) is 0 Å². The van der Waals surface area contributed by atoms with Crippen molar-refractivity contribution >= 4 is 17.7 Å². The minimum Gasteiger partial charge on any atom is -0.478 e. The van der Waals surface area contributed by atoms with Crippen molar-refractivity contribution in [3.8, 4) is 0 Å². The summed E-state index contributed by atoms with van der Waals surface area (Å²) < 4.78 is 65.0. The van der Waals surface area contributed by atoms with Gasteiger partial charge in [0.2, 0.25) is 0 Å². The van der Waals surface area contributed by atoms with Crippen LogP contribution in [0.4, 0.5) is 27.8 Å². The van der Waals surface area contributed by atoms with Crippen molar-refractivity contribution in [2.75, 3.05) is 4.90 Å². The lowest BCUT2D eigenvalue weighted by Gasteiger charge is -2.23. The van der Waals surface area contributed by atoms with Gasteiger partial charge in [-0.05, 0) is 18.2 Å². The first-order valence-corrected chi connectivity index (χ1v) is 6.61. The summed E-state index contributed by atoms with van der Waals surface area (Å²) in [5, 5.41) is 8.76. The lowest BCUT2D eigenvalue weighted by molar-refractivity contribution is -0.170. The van der Waals surface area contributed by atoms with E-state index in [9.17, 15) is 31.5 Å². The van der Waals surface area contributed by atoms with Crippen molar-refractivity contribution in [1.29, 1.82) is 0 Å². The molecule has 10 heteroatoms. The molecule has 2 aromatic rings. The molecule has 0 aliphatic rings. The van der Waals surface area contributed by atoms with E-state index in [0.29, 0.717) is 6.07 Å². The van der Waals surface area contributed by atoms with Crippen molar-refractivity contribution in [3.05, 3.63) is 59.3 Å². The number of carbonyl (C=O) groups excluding carboxylic acids is 1. The smallest absolute Gasteiger partial charge is 0.471 e. The molecule has 0 spiro atoms. The molecule has 0 saturated carbocycles. The van der Waals surface area contributed by atoms with Crippen LogP contribution >= 0.6 is 0 Å². The molecule has 132 valence electrons. The Kier molecular flexibility index (Phi) is 5.00. The zero-order chi connectivity index (χ0) is 18.8. The Balaban J connectivity index is 2.42. The minimum absolute atomic E-state index is 0.127. The molecule has 1 aromatic heterocycles. The van der Waals surface area contributed by atoms with Crippen LogP contribution in [0, 0.1) is 11.6 Å². The average molecular weight is 360 g/mol. The quantitative estimate of drug-likeness (QED) is 0.851. The summed E-state index contributed by atoms with van der Waals surface area (Å²) in [4.78, 5) is 26.0. The minimum atomic E-state index is -5.27. The molecule has 25 heavy (non-hydrogen) atoms. The van der Waals surface area contributed by atoms with Crippen LogP contribution in [0.1, 0.15) is 15.9 Å². The molecule has 0 aliphatic heterocycles. The van der Waals surface area contributed by atoms with E-state index in [0.717, 1.165) is 30.5 Å². The van der Waals surface area contributed by atoms with Gasteiger partial charge < -0.3 is 5.11 Å². The van der Waals surface area contributed by atoms with E-state index in [2.05, 4.69) is 4.98 Å². The van der Waals surface area contributed by atoms with Crippen LogP contribution in [0.5, 0.6) is 0 Å². The first-order valence-electron chi connectivity index (χ1n) is 6.61. The van der Waals surface area contributed by atoms with Crippen molar-refractivity contribution in [1.82, 2.24) is 4.98 Å². The number of hydrogen-bond acceptors (Lipinski definition) is 3. The number of amides is 1. The Morgan fingerprint density at radius 1 is 1.12 bits per heavy atom.